The van der Waals surface area contributed by atoms with Crippen molar-refractivity contribution < 1.29 is 13.9 Å². The molecule has 0 saturated carbocycles. The van der Waals surface area contributed by atoms with Crippen LogP contribution >= 0.6 is 15.9 Å². The van der Waals surface area contributed by atoms with Gasteiger partial charge in [-0.3, -0.25) is 9.69 Å². The Morgan fingerprint density at radius 2 is 1.96 bits per heavy atom. The smallest absolute Gasteiger partial charge is 0.241 e. The quantitative estimate of drug-likeness (QED) is 0.592. The van der Waals surface area contributed by atoms with E-state index in [1.54, 1.807) is 0 Å². The fourth-order valence-corrected chi connectivity index (χ4v) is 2.76. The molecule has 1 aromatic carbocycles. The zero-order chi connectivity index (χ0) is 17.5. The molecule has 0 radical (unpaired) electrons. The number of nitrogens with zero attached hydrogens (tertiary/aromatic N) is 2. The van der Waals surface area contributed by atoms with Crippen LogP contribution in [0.1, 0.15) is 12.2 Å². The predicted molar refractivity (Wildman–Crippen MR) is 99.5 cm³/mol. The van der Waals surface area contributed by atoms with Crippen molar-refractivity contribution in [3.8, 4) is 11.3 Å². The molecule has 1 aliphatic rings. The van der Waals surface area contributed by atoms with Gasteiger partial charge in [-0.25, -0.2) is 5.43 Å². The fourth-order valence-electron chi connectivity index (χ4n) is 2.50. The number of carbonyl (C=O) groups is 1. The van der Waals surface area contributed by atoms with Crippen LogP contribution in [0.5, 0.6) is 0 Å². The Kier molecular flexibility index (Phi) is 6.38. The van der Waals surface area contributed by atoms with Crippen LogP contribution < -0.4 is 5.43 Å². The van der Waals surface area contributed by atoms with E-state index in [1.165, 1.54) is 6.21 Å². The lowest BCUT2D eigenvalue weighted by Crippen LogP contribution is -2.38. The number of halogens is 1. The topological polar surface area (TPSA) is 67.1 Å². The molecular formula is C18H20BrN3O3. The van der Waals surface area contributed by atoms with Gasteiger partial charge >= 0.3 is 0 Å². The molecule has 1 amide bonds. The van der Waals surface area contributed by atoms with E-state index in [2.05, 4.69) is 31.4 Å². The number of nitrogens with one attached hydrogen (secondary N) is 1. The van der Waals surface area contributed by atoms with Gasteiger partial charge in [0.25, 0.3) is 0 Å². The summed E-state index contributed by atoms with van der Waals surface area (Å²) in [6, 6.07) is 11.6. The van der Waals surface area contributed by atoms with Gasteiger partial charge in [-0.2, -0.15) is 5.10 Å². The van der Waals surface area contributed by atoms with E-state index in [9.17, 15) is 4.79 Å². The van der Waals surface area contributed by atoms with Crippen LogP contribution in [-0.4, -0.2) is 49.9 Å². The summed E-state index contributed by atoms with van der Waals surface area (Å²) in [5.74, 6) is 1.24. The summed E-state index contributed by atoms with van der Waals surface area (Å²) in [4.78, 5) is 14.0. The number of benzene rings is 1. The second-order valence-electron chi connectivity index (χ2n) is 5.71. The Bertz CT molecular complexity index is 721. The van der Waals surface area contributed by atoms with Gasteiger partial charge < -0.3 is 9.15 Å². The third kappa shape index (κ3) is 5.52. The van der Waals surface area contributed by atoms with E-state index in [0.717, 1.165) is 48.6 Å². The first-order chi connectivity index (χ1) is 12.2. The highest BCUT2D eigenvalue weighted by atomic mass is 79.9. The molecule has 0 unspecified atom stereocenters. The number of carbonyl (C=O) groups excluding carboxylic acids is 1. The number of furan rings is 1. The SMILES string of the molecule is O=C(CCN1CCOCC1)N/N=C\c1ccc(-c2ccc(Br)cc2)o1. The Morgan fingerprint density at radius 3 is 2.72 bits per heavy atom. The third-order valence-electron chi connectivity index (χ3n) is 3.90. The molecular weight excluding hydrogens is 386 g/mol. The van der Waals surface area contributed by atoms with Crippen molar-refractivity contribution in [2.45, 2.75) is 6.42 Å². The maximum absolute atomic E-state index is 11.8. The molecule has 1 aliphatic heterocycles. The predicted octanol–water partition coefficient (Wildman–Crippen LogP) is 2.88. The first-order valence-corrected chi connectivity index (χ1v) is 8.98. The lowest BCUT2D eigenvalue weighted by Gasteiger charge is -2.25. The van der Waals surface area contributed by atoms with Crippen molar-refractivity contribution in [3.05, 3.63) is 46.6 Å². The van der Waals surface area contributed by atoms with E-state index in [1.807, 2.05) is 36.4 Å². The summed E-state index contributed by atoms with van der Waals surface area (Å²) < 4.78 is 12.0. The van der Waals surface area contributed by atoms with Gasteiger partial charge in [0.2, 0.25) is 5.91 Å². The largest absolute Gasteiger partial charge is 0.455 e. The van der Waals surface area contributed by atoms with Crippen molar-refractivity contribution in [1.29, 1.82) is 0 Å². The molecule has 1 N–H and O–H groups in total. The number of amides is 1. The summed E-state index contributed by atoms with van der Waals surface area (Å²) >= 11 is 3.41. The number of rotatable bonds is 6. The van der Waals surface area contributed by atoms with Crippen LogP contribution in [0, 0.1) is 0 Å². The second kappa shape index (κ2) is 8.94. The van der Waals surface area contributed by atoms with Crippen LogP contribution in [-0.2, 0) is 9.53 Å². The Morgan fingerprint density at radius 1 is 1.20 bits per heavy atom. The fraction of sp³-hybridized carbons (Fsp3) is 0.333. The summed E-state index contributed by atoms with van der Waals surface area (Å²) in [6.07, 6.45) is 1.93. The minimum Gasteiger partial charge on any atom is -0.455 e. The third-order valence-corrected chi connectivity index (χ3v) is 4.42. The molecule has 1 aromatic heterocycles. The molecule has 2 aromatic rings. The maximum atomic E-state index is 11.8. The molecule has 0 bridgehead atoms. The van der Waals surface area contributed by atoms with E-state index >= 15 is 0 Å². The highest BCUT2D eigenvalue weighted by molar-refractivity contribution is 9.10. The van der Waals surface area contributed by atoms with Crippen molar-refractivity contribution in [2.24, 2.45) is 5.10 Å². The van der Waals surface area contributed by atoms with Gasteiger partial charge in [0, 0.05) is 36.1 Å². The van der Waals surface area contributed by atoms with Crippen molar-refractivity contribution in [1.82, 2.24) is 10.3 Å². The first kappa shape index (κ1) is 17.8. The molecule has 0 aliphatic carbocycles. The highest BCUT2D eigenvalue weighted by Gasteiger charge is 2.11. The van der Waals surface area contributed by atoms with Gasteiger partial charge in [-0.1, -0.05) is 28.1 Å². The maximum Gasteiger partial charge on any atom is 0.241 e. The lowest BCUT2D eigenvalue weighted by molar-refractivity contribution is -0.121. The molecule has 1 fully saturated rings. The highest BCUT2D eigenvalue weighted by Crippen LogP contribution is 2.23. The Labute approximate surface area is 155 Å². The summed E-state index contributed by atoms with van der Waals surface area (Å²) in [5.41, 5.74) is 3.52. The van der Waals surface area contributed by atoms with Crippen LogP contribution in [0.3, 0.4) is 0 Å². The molecule has 0 spiro atoms. The number of hydrogen-bond donors (Lipinski definition) is 1. The second-order valence-corrected chi connectivity index (χ2v) is 6.62. The number of morpholine rings is 1. The molecule has 132 valence electrons. The van der Waals surface area contributed by atoms with Crippen LogP contribution in [0.15, 0.2) is 50.4 Å². The van der Waals surface area contributed by atoms with Crippen LogP contribution in [0.25, 0.3) is 11.3 Å². The molecule has 3 rings (SSSR count). The average molecular weight is 406 g/mol. The van der Waals surface area contributed by atoms with Crippen molar-refractivity contribution in [3.63, 3.8) is 0 Å². The Balaban J connectivity index is 1.45. The molecule has 6 nitrogen and oxygen atoms in total. The van der Waals surface area contributed by atoms with E-state index in [4.69, 9.17) is 9.15 Å². The van der Waals surface area contributed by atoms with Gasteiger partial charge in [0.15, 0.2) is 0 Å². The van der Waals surface area contributed by atoms with E-state index in [-0.39, 0.29) is 5.91 Å². The minimum absolute atomic E-state index is 0.109. The Hall–Kier alpha value is -1.96. The number of hydrazone groups is 1. The summed E-state index contributed by atoms with van der Waals surface area (Å²) in [5, 5.41) is 3.96. The minimum atomic E-state index is -0.109. The zero-order valence-electron chi connectivity index (χ0n) is 13.8. The van der Waals surface area contributed by atoms with E-state index < -0.39 is 0 Å². The standard InChI is InChI=1S/C18H20BrN3O3/c19-15-3-1-14(2-4-15)17-6-5-16(25-17)13-20-21-18(23)7-8-22-9-11-24-12-10-22/h1-6,13H,7-12H2,(H,21,23)/b20-13-. The summed E-state index contributed by atoms with van der Waals surface area (Å²) in [7, 11) is 0. The lowest BCUT2D eigenvalue weighted by atomic mass is 10.2. The van der Waals surface area contributed by atoms with Gasteiger partial charge in [-0.15, -0.1) is 0 Å². The van der Waals surface area contributed by atoms with Crippen LogP contribution in [0.2, 0.25) is 0 Å². The normalized spacial score (nSPS) is 15.6. The zero-order valence-corrected chi connectivity index (χ0v) is 15.4. The van der Waals surface area contributed by atoms with Crippen molar-refractivity contribution >= 4 is 28.1 Å². The average Bonchev–Trinajstić information content (AvgIpc) is 3.10. The van der Waals surface area contributed by atoms with Gasteiger partial charge in [0.05, 0.1) is 19.4 Å². The number of ether oxygens (including phenoxy) is 1. The monoisotopic (exact) mass is 405 g/mol. The molecule has 0 atom stereocenters. The van der Waals surface area contributed by atoms with Gasteiger partial charge in [-0.05, 0) is 24.3 Å². The van der Waals surface area contributed by atoms with Crippen LogP contribution in [0.4, 0.5) is 0 Å². The molecule has 1 saturated heterocycles. The first-order valence-electron chi connectivity index (χ1n) is 8.18. The molecule has 7 heteroatoms. The molecule has 25 heavy (non-hydrogen) atoms. The van der Waals surface area contributed by atoms with Crippen molar-refractivity contribution in [2.75, 3.05) is 32.8 Å². The van der Waals surface area contributed by atoms with Gasteiger partial charge in [0.1, 0.15) is 11.5 Å². The summed E-state index contributed by atoms with van der Waals surface area (Å²) in [6.45, 7) is 3.95. The number of hydrogen-bond acceptors (Lipinski definition) is 5. The molecule has 2 heterocycles. The van der Waals surface area contributed by atoms with E-state index in [0.29, 0.717) is 12.2 Å².